The Bertz CT molecular complexity index is 135. The second kappa shape index (κ2) is 8.05. The standard InChI is InChI=1S/C10H22N2O/c1-4-8-11-10(13)7-5-6-9-12(2)3/h4-9H2,1-3H3,(H,11,13). The molecule has 0 aromatic rings. The van der Waals surface area contributed by atoms with Crippen molar-refractivity contribution in [2.45, 2.75) is 32.6 Å². The summed E-state index contributed by atoms with van der Waals surface area (Å²) in [5.41, 5.74) is 0. The maximum Gasteiger partial charge on any atom is 0.219 e. The molecular weight excluding hydrogens is 164 g/mol. The van der Waals surface area contributed by atoms with E-state index in [0.29, 0.717) is 6.42 Å². The van der Waals surface area contributed by atoms with Crippen molar-refractivity contribution in [3.05, 3.63) is 0 Å². The van der Waals surface area contributed by atoms with Gasteiger partial charge < -0.3 is 10.2 Å². The van der Waals surface area contributed by atoms with E-state index < -0.39 is 0 Å². The van der Waals surface area contributed by atoms with Crippen molar-refractivity contribution in [1.29, 1.82) is 0 Å². The Morgan fingerprint density at radius 3 is 2.54 bits per heavy atom. The first kappa shape index (κ1) is 12.4. The molecule has 13 heavy (non-hydrogen) atoms. The summed E-state index contributed by atoms with van der Waals surface area (Å²) >= 11 is 0. The molecule has 3 nitrogen and oxygen atoms in total. The van der Waals surface area contributed by atoms with Crippen LogP contribution in [-0.2, 0) is 4.79 Å². The maximum atomic E-state index is 11.1. The summed E-state index contributed by atoms with van der Waals surface area (Å²) in [6.45, 7) is 3.94. The highest BCUT2D eigenvalue weighted by Crippen LogP contribution is 1.96. The summed E-state index contributed by atoms with van der Waals surface area (Å²) in [6, 6.07) is 0. The van der Waals surface area contributed by atoms with Crippen molar-refractivity contribution >= 4 is 5.91 Å². The fourth-order valence-electron chi connectivity index (χ4n) is 1.07. The predicted octanol–water partition coefficient (Wildman–Crippen LogP) is 1.24. The summed E-state index contributed by atoms with van der Waals surface area (Å²) in [7, 11) is 4.11. The molecule has 0 atom stereocenters. The van der Waals surface area contributed by atoms with Gasteiger partial charge in [-0.25, -0.2) is 0 Å². The van der Waals surface area contributed by atoms with Crippen LogP contribution in [0.25, 0.3) is 0 Å². The Balaban J connectivity index is 3.17. The molecule has 0 aliphatic rings. The molecule has 0 fully saturated rings. The number of unbranched alkanes of at least 4 members (excludes halogenated alkanes) is 1. The van der Waals surface area contributed by atoms with Crippen molar-refractivity contribution < 1.29 is 4.79 Å². The highest BCUT2D eigenvalue weighted by Gasteiger charge is 1.99. The fraction of sp³-hybridized carbons (Fsp3) is 0.900. The van der Waals surface area contributed by atoms with Gasteiger partial charge in [0, 0.05) is 13.0 Å². The molecular formula is C10H22N2O. The van der Waals surface area contributed by atoms with Crippen LogP contribution in [-0.4, -0.2) is 38.0 Å². The molecule has 0 saturated carbocycles. The summed E-state index contributed by atoms with van der Waals surface area (Å²) in [5.74, 6) is 0.195. The summed E-state index contributed by atoms with van der Waals surface area (Å²) in [5, 5.41) is 2.87. The number of carbonyl (C=O) groups is 1. The molecule has 1 N–H and O–H groups in total. The highest BCUT2D eigenvalue weighted by molar-refractivity contribution is 5.75. The van der Waals surface area contributed by atoms with E-state index in [1.807, 2.05) is 0 Å². The van der Waals surface area contributed by atoms with Crippen molar-refractivity contribution in [2.75, 3.05) is 27.2 Å². The second-order valence-electron chi connectivity index (χ2n) is 3.61. The van der Waals surface area contributed by atoms with Gasteiger partial charge in [-0.15, -0.1) is 0 Å². The number of hydrogen-bond acceptors (Lipinski definition) is 2. The first-order chi connectivity index (χ1) is 6.16. The van der Waals surface area contributed by atoms with Gasteiger partial charge in [0.2, 0.25) is 5.91 Å². The van der Waals surface area contributed by atoms with Gasteiger partial charge in [-0.3, -0.25) is 4.79 Å². The lowest BCUT2D eigenvalue weighted by atomic mass is 10.2. The Labute approximate surface area is 81.5 Å². The van der Waals surface area contributed by atoms with Gasteiger partial charge in [0.05, 0.1) is 0 Å². The molecule has 0 aliphatic carbocycles. The summed E-state index contributed by atoms with van der Waals surface area (Å²) in [6.07, 6.45) is 3.79. The van der Waals surface area contributed by atoms with Crippen LogP contribution in [0.3, 0.4) is 0 Å². The molecule has 0 aliphatic heterocycles. The van der Waals surface area contributed by atoms with E-state index in [2.05, 4.69) is 31.2 Å². The Morgan fingerprint density at radius 1 is 1.31 bits per heavy atom. The van der Waals surface area contributed by atoms with Crippen LogP contribution in [0.15, 0.2) is 0 Å². The van der Waals surface area contributed by atoms with Crippen LogP contribution in [0.2, 0.25) is 0 Å². The molecule has 1 amide bonds. The fourth-order valence-corrected chi connectivity index (χ4v) is 1.07. The molecule has 0 bridgehead atoms. The first-order valence-corrected chi connectivity index (χ1v) is 5.08. The number of hydrogen-bond donors (Lipinski definition) is 1. The third-order valence-electron chi connectivity index (χ3n) is 1.83. The van der Waals surface area contributed by atoms with E-state index in [1.54, 1.807) is 0 Å². The zero-order chi connectivity index (χ0) is 10.1. The molecule has 0 rings (SSSR count). The van der Waals surface area contributed by atoms with Crippen LogP contribution in [0.5, 0.6) is 0 Å². The van der Waals surface area contributed by atoms with Gasteiger partial charge in [-0.1, -0.05) is 6.92 Å². The smallest absolute Gasteiger partial charge is 0.219 e. The minimum atomic E-state index is 0.195. The third-order valence-corrected chi connectivity index (χ3v) is 1.83. The topological polar surface area (TPSA) is 32.3 Å². The maximum absolute atomic E-state index is 11.1. The largest absolute Gasteiger partial charge is 0.356 e. The van der Waals surface area contributed by atoms with E-state index in [1.165, 1.54) is 0 Å². The Morgan fingerprint density at radius 2 is 2.00 bits per heavy atom. The van der Waals surface area contributed by atoms with Gasteiger partial charge in [0.1, 0.15) is 0 Å². The van der Waals surface area contributed by atoms with Gasteiger partial charge in [0.25, 0.3) is 0 Å². The predicted molar refractivity (Wildman–Crippen MR) is 55.7 cm³/mol. The van der Waals surface area contributed by atoms with Gasteiger partial charge in [0.15, 0.2) is 0 Å². The number of rotatable bonds is 7. The van der Waals surface area contributed by atoms with Gasteiger partial charge >= 0.3 is 0 Å². The molecule has 78 valence electrons. The third kappa shape index (κ3) is 9.34. The molecule has 0 aromatic carbocycles. The zero-order valence-electron chi connectivity index (χ0n) is 9.10. The average molecular weight is 186 g/mol. The molecule has 3 heteroatoms. The van der Waals surface area contributed by atoms with Crippen LogP contribution in [0.4, 0.5) is 0 Å². The van der Waals surface area contributed by atoms with Crippen LogP contribution in [0, 0.1) is 0 Å². The Kier molecular flexibility index (Phi) is 7.69. The number of nitrogens with one attached hydrogen (secondary N) is 1. The van der Waals surface area contributed by atoms with Crippen molar-refractivity contribution in [3.63, 3.8) is 0 Å². The van der Waals surface area contributed by atoms with Crippen molar-refractivity contribution in [1.82, 2.24) is 10.2 Å². The van der Waals surface area contributed by atoms with E-state index in [-0.39, 0.29) is 5.91 Å². The molecule has 0 aromatic heterocycles. The first-order valence-electron chi connectivity index (χ1n) is 5.08. The van der Waals surface area contributed by atoms with E-state index in [0.717, 1.165) is 32.4 Å². The molecule has 0 radical (unpaired) electrons. The van der Waals surface area contributed by atoms with Crippen molar-refractivity contribution in [2.24, 2.45) is 0 Å². The number of amides is 1. The lowest BCUT2D eigenvalue weighted by molar-refractivity contribution is -0.121. The van der Waals surface area contributed by atoms with E-state index >= 15 is 0 Å². The lowest BCUT2D eigenvalue weighted by Crippen LogP contribution is -2.23. The SMILES string of the molecule is CCCNC(=O)CCCCN(C)C. The van der Waals surface area contributed by atoms with Gasteiger partial charge in [-0.2, -0.15) is 0 Å². The molecule has 0 saturated heterocycles. The van der Waals surface area contributed by atoms with Crippen LogP contribution in [0.1, 0.15) is 32.6 Å². The highest BCUT2D eigenvalue weighted by atomic mass is 16.1. The Hall–Kier alpha value is -0.570. The minimum Gasteiger partial charge on any atom is -0.356 e. The monoisotopic (exact) mass is 186 g/mol. The van der Waals surface area contributed by atoms with E-state index in [4.69, 9.17) is 0 Å². The lowest BCUT2D eigenvalue weighted by Gasteiger charge is -2.08. The number of carbonyl (C=O) groups excluding carboxylic acids is 1. The van der Waals surface area contributed by atoms with E-state index in [9.17, 15) is 4.79 Å². The summed E-state index contributed by atoms with van der Waals surface area (Å²) < 4.78 is 0. The quantitative estimate of drug-likeness (QED) is 0.607. The number of nitrogens with zero attached hydrogens (tertiary/aromatic N) is 1. The molecule has 0 unspecified atom stereocenters. The second-order valence-corrected chi connectivity index (χ2v) is 3.61. The summed E-state index contributed by atoms with van der Waals surface area (Å²) in [4.78, 5) is 13.3. The van der Waals surface area contributed by atoms with Crippen LogP contribution < -0.4 is 5.32 Å². The van der Waals surface area contributed by atoms with Gasteiger partial charge in [-0.05, 0) is 39.9 Å². The average Bonchev–Trinajstić information content (AvgIpc) is 2.08. The normalized spacial score (nSPS) is 10.5. The molecule has 0 heterocycles. The zero-order valence-corrected chi connectivity index (χ0v) is 9.10. The van der Waals surface area contributed by atoms with Crippen LogP contribution >= 0.6 is 0 Å². The molecule has 0 spiro atoms. The van der Waals surface area contributed by atoms with Crippen molar-refractivity contribution in [3.8, 4) is 0 Å². The minimum absolute atomic E-state index is 0.195.